The number of carbonyl (C=O) groups is 1. The number of esters is 1. The SMILES string of the molecule is CC1=C(C(=O)OC(c2ccccc2)C2CC2)C(c2cccc3ccccc23)n2nnnc2N1. The van der Waals surface area contributed by atoms with Gasteiger partial charge in [-0.2, -0.15) is 4.68 Å². The molecule has 1 saturated carbocycles. The third-order valence-electron chi connectivity index (χ3n) is 6.46. The number of allylic oxidation sites excluding steroid dienone is 1. The van der Waals surface area contributed by atoms with E-state index in [2.05, 4.69) is 39.0 Å². The fraction of sp³-hybridized carbons (Fsp3) is 0.231. The molecule has 33 heavy (non-hydrogen) atoms. The normalized spacial score (nSPS) is 18.5. The highest BCUT2D eigenvalue weighted by molar-refractivity contribution is 5.95. The summed E-state index contributed by atoms with van der Waals surface area (Å²) in [7, 11) is 0. The molecule has 0 saturated heterocycles. The first kappa shape index (κ1) is 19.7. The highest BCUT2D eigenvalue weighted by Crippen LogP contribution is 2.45. The molecule has 0 spiro atoms. The molecule has 0 radical (unpaired) electrons. The van der Waals surface area contributed by atoms with Crippen molar-refractivity contribution in [3.63, 3.8) is 0 Å². The average Bonchev–Trinajstić information content (AvgIpc) is 3.59. The Kier molecular flexibility index (Phi) is 4.68. The van der Waals surface area contributed by atoms with Crippen molar-refractivity contribution in [1.29, 1.82) is 0 Å². The van der Waals surface area contributed by atoms with Gasteiger partial charge in [0.05, 0.1) is 5.57 Å². The number of nitrogens with one attached hydrogen (secondary N) is 1. The zero-order valence-corrected chi connectivity index (χ0v) is 18.2. The van der Waals surface area contributed by atoms with Crippen molar-refractivity contribution >= 4 is 22.7 Å². The van der Waals surface area contributed by atoms with E-state index in [9.17, 15) is 4.79 Å². The van der Waals surface area contributed by atoms with Crippen molar-refractivity contribution in [3.8, 4) is 0 Å². The van der Waals surface area contributed by atoms with E-state index in [4.69, 9.17) is 4.74 Å². The molecule has 7 nitrogen and oxygen atoms in total. The van der Waals surface area contributed by atoms with Crippen molar-refractivity contribution in [2.45, 2.75) is 31.9 Å². The lowest BCUT2D eigenvalue weighted by atomic mass is 9.91. The zero-order valence-electron chi connectivity index (χ0n) is 18.2. The maximum Gasteiger partial charge on any atom is 0.338 e. The predicted molar refractivity (Wildman–Crippen MR) is 124 cm³/mol. The van der Waals surface area contributed by atoms with Crippen LogP contribution in [0.2, 0.25) is 0 Å². The summed E-state index contributed by atoms with van der Waals surface area (Å²) in [5.74, 6) is 0.511. The van der Waals surface area contributed by atoms with Crippen LogP contribution in [-0.2, 0) is 9.53 Å². The molecule has 7 heteroatoms. The van der Waals surface area contributed by atoms with Crippen LogP contribution in [0.1, 0.15) is 43.0 Å². The number of nitrogens with zero attached hydrogens (tertiary/aromatic N) is 4. The third-order valence-corrected chi connectivity index (χ3v) is 6.46. The molecular formula is C26H23N5O2. The molecule has 6 rings (SSSR count). The second-order valence-electron chi connectivity index (χ2n) is 8.66. The zero-order chi connectivity index (χ0) is 22.4. The van der Waals surface area contributed by atoms with Crippen LogP contribution < -0.4 is 5.32 Å². The minimum absolute atomic E-state index is 0.262. The number of hydrogen-bond acceptors (Lipinski definition) is 6. The van der Waals surface area contributed by atoms with Crippen molar-refractivity contribution in [3.05, 3.63) is 95.2 Å². The van der Waals surface area contributed by atoms with Crippen LogP contribution in [0.4, 0.5) is 5.95 Å². The summed E-state index contributed by atoms with van der Waals surface area (Å²) in [6.45, 7) is 1.88. The quantitative estimate of drug-likeness (QED) is 0.451. The molecule has 0 bridgehead atoms. The van der Waals surface area contributed by atoms with Crippen molar-refractivity contribution in [1.82, 2.24) is 20.2 Å². The van der Waals surface area contributed by atoms with Crippen molar-refractivity contribution in [2.75, 3.05) is 5.32 Å². The predicted octanol–water partition coefficient (Wildman–Crippen LogP) is 4.81. The Morgan fingerprint density at radius 1 is 1.03 bits per heavy atom. The lowest BCUT2D eigenvalue weighted by Crippen LogP contribution is -2.30. The minimum Gasteiger partial charge on any atom is -0.454 e. The maximum atomic E-state index is 13.8. The Balaban J connectivity index is 1.44. The van der Waals surface area contributed by atoms with Crippen molar-refractivity contribution < 1.29 is 9.53 Å². The molecule has 2 atom stereocenters. The molecule has 1 aliphatic heterocycles. The van der Waals surface area contributed by atoms with E-state index in [-0.39, 0.29) is 12.1 Å². The van der Waals surface area contributed by atoms with Crippen LogP contribution in [-0.4, -0.2) is 26.2 Å². The van der Waals surface area contributed by atoms with Gasteiger partial charge in [-0.3, -0.25) is 0 Å². The van der Waals surface area contributed by atoms with Gasteiger partial charge in [-0.05, 0) is 52.1 Å². The number of fused-ring (bicyclic) bond motifs is 2. The van der Waals surface area contributed by atoms with E-state index in [1.54, 1.807) is 4.68 Å². The fourth-order valence-electron chi connectivity index (χ4n) is 4.71. The maximum absolute atomic E-state index is 13.8. The van der Waals surface area contributed by atoms with Gasteiger partial charge in [0.2, 0.25) is 5.95 Å². The average molecular weight is 438 g/mol. The number of tetrazole rings is 1. The summed E-state index contributed by atoms with van der Waals surface area (Å²) in [6, 6.07) is 23.7. The molecule has 1 N–H and O–H groups in total. The smallest absolute Gasteiger partial charge is 0.338 e. The van der Waals surface area contributed by atoms with Crippen LogP contribution in [0.25, 0.3) is 10.8 Å². The second-order valence-corrected chi connectivity index (χ2v) is 8.66. The second kappa shape index (κ2) is 7.85. The van der Waals surface area contributed by atoms with Crippen LogP contribution >= 0.6 is 0 Å². The van der Waals surface area contributed by atoms with Gasteiger partial charge >= 0.3 is 5.97 Å². The number of rotatable bonds is 5. The molecule has 1 aliphatic carbocycles. The van der Waals surface area contributed by atoms with Crippen molar-refractivity contribution in [2.24, 2.45) is 5.92 Å². The van der Waals surface area contributed by atoms with Gasteiger partial charge < -0.3 is 10.1 Å². The Morgan fingerprint density at radius 3 is 2.61 bits per heavy atom. The number of anilines is 1. The topological polar surface area (TPSA) is 81.9 Å². The first-order valence-corrected chi connectivity index (χ1v) is 11.2. The lowest BCUT2D eigenvalue weighted by molar-refractivity contribution is -0.146. The molecule has 1 aromatic heterocycles. The molecule has 0 amide bonds. The number of aromatic nitrogens is 4. The highest BCUT2D eigenvalue weighted by Gasteiger charge is 2.40. The Morgan fingerprint density at radius 2 is 1.79 bits per heavy atom. The molecular weight excluding hydrogens is 414 g/mol. The molecule has 2 heterocycles. The standard InChI is InChI=1S/C26H23N5O2/c1-16-22(25(32)33-24(19-14-15-19)18-9-3-2-4-10-18)23(31-26(27-16)28-29-30-31)21-13-7-11-17-8-5-6-12-20(17)21/h2-13,19,23-24H,14-15H2,1H3,(H,27,28,30). The molecule has 3 aromatic carbocycles. The summed E-state index contributed by atoms with van der Waals surface area (Å²) in [4.78, 5) is 13.8. The first-order chi connectivity index (χ1) is 16.2. The number of ether oxygens (including phenoxy) is 1. The van der Waals surface area contributed by atoms with E-state index in [1.165, 1.54) is 0 Å². The number of benzene rings is 3. The van der Waals surface area contributed by atoms with Gasteiger partial charge in [-0.25, -0.2) is 4.79 Å². The fourth-order valence-corrected chi connectivity index (χ4v) is 4.71. The highest BCUT2D eigenvalue weighted by atomic mass is 16.5. The summed E-state index contributed by atoms with van der Waals surface area (Å²) in [5.41, 5.74) is 3.20. The summed E-state index contributed by atoms with van der Waals surface area (Å²) >= 11 is 0. The Bertz CT molecular complexity index is 1370. The first-order valence-electron chi connectivity index (χ1n) is 11.2. The number of hydrogen-bond donors (Lipinski definition) is 1. The molecule has 2 unspecified atom stereocenters. The van der Waals surface area contributed by atoms with E-state index in [0.29, 0.717) is 23.1 Å². The van der Waals surface area contributed by atoms with E-state index in [1.807, 2.05) is 61.5 Å². The minimum atomic E-state index is -0.495. The lowest BCUT2D eigenvalue weighted by Gasteiger charge is -2.29. The monoisotopic (exact) mass is 437 g/mol. The third kappa shape index (κ3) is 3.46. The van der Waals surface area contributed by atoms with Crippen LogP contribution in [0.5, 0.6) is 0 Å². The van der Waals surface area contributed by atoms with Gasteiger partial charge in [0.25, 0.3) is 0 Å². The van der Waals surface area contributed by atoms with Gasteiger partial charge in [0, 0.05) is 11.6 Å². The Labute approximate surface area is 191 Å². The molecule has 2 aliphatic rings. The Hall–Kier alpha value is -4.00. The van der Waals surface area contributed by atoms with Crippen LogP contribution in [0, 0.1) is 5.92 Å². The van der Waals surface area contributed by atoms with E-state index in [0.717, 1.165) is 34.7 Å². The summed E-state index contributed by atoms with van der Waals surface area (Å²) in [6.07, 6.45) is 1.86. The van der Waals surface area contributed by atoms with Crippen LogP contribution in [0.15, 0.2) is 84.1 Å². The van der Waals surface area contributed by atoms with Gasteiger partial charge in [-0.1, -0.05) is 77.9 Å². The number of carbonyl (C=O) groups excluding carboxylic acids is 1. The largest absolute Gasteiger partial charge is 0.454 e. The van der Waals surface area contributed by atoms with Gasteiger partial charge in [0.15, 0.2) is 0 Å². The van der Waals surface area contributed by atoms with Gasteiger partial charge in [0.1, 0.15) is 12.1 Å². The van der Waals surface area contributed by atoms with E-state index < -0.39 is 6.04 Å². The molecule has 1 fully saturated rings. The summed E-state index contributed by atoms with van der Waals surface area (Å²) in [5, 5.41) is 17.5. The molecule has 164 valence electrons. The van der Waals surface area contributed by atoms with Gasteiger partial charge in [-0.15, -0.1) is 0 Å². The van der Waals surface area contributed by atoms with E-state index >= 15 is 0 Å². The summed E-state index contributed by atoms with van der Waals surface area (Å²) < 4.78 is 7.87. The van der Waals surface area contributed by atoms with Crippen LogP contribution in [0.3, 0.4) is 0 Å². The molecule has 4 aromatic rings.